The minimum Gasteiger partial charge on any atom is -0.326 e. The smallest absolute Gasteiger partial charge is 0.0304 e. The average Bonchev–Trinajstić information content (AvgIpc) is 2.90. The molecule has 2 rings (SSSR count). The van der Waals surface area contributed by atoms with E-state index in [1.54, 1.807) is 0 Å². The van der Waals surface area contributed by atoms with E-state index >= 15 is 0 Å². The van der Waals surface area contributed by atoms with Crippen molar-refractivity contribution in [1.82, 2.24) is 4.90 Å². The van der Waals surface area contributed by atoms with E-state index < -0.39 is 0 Å². The van der Waals surface area contributed by atoms with Gasteiger partial charge in [0.25, 0.3) is 0 Å². The van der Waals surface area contributed by atoms with Gasteiger partial charge in [-0.1, -0.05) is 12.5 Å². The molecule has 1 aliphatic rings. The number of nitrogens with two attached hydrogens (primary N) is 1. The number of hydrogen-bond donors (Lipinski definition) is 1. The highest BCUT2D eigenvalue weighted by Crippen LogP contribution is 2.25. The second-order valence-corrected chi connectivity index (χ2v) is 6.96. The van der Waals surface area contributed by atoms with Gasteiger partial charge in [-0.15, -0.1) is 11.3 Å². The molecule has 18 heavy (non-hydrogen) atoms. The Morgan fingerprint density at radius 1 is 1.33 bits per heavy atom. The van der Waals surface area contributed by atoms with Gasteiger partial charge in [-0.25, -0.2) is 0 Å². The summed E-state index contributed by atoms with van der Waals surface area (Å²) < 4.78 is 0. The Hall–Kier alpha value is -0.380. The Morgan fingerprint density at radius 3 is 2.67 bits per heavy atom. The molecular formula is C15H26N2S. The number of thiophene rings is 1. The maximum atomic E-state index is 6.46. The van der Waals surface area contributed by atoms with Crippen LogP contribution in [0.2, 0.25) is 0 Å². The quantitative estimate of drug-likeness (QED) is 0.886. The van der Waals surface area contributed by atoms with E-state index in [-0.39, 0.29) is 11.6 Å². The first-order valence-corrected chi connectivity index (χ1v) is 8.01. The molecule has 2 heterocycles. The van der Waals surface area contributed by atoms with Crippen molar-refractivity contribution in [3.8, 4) is 0 Å². The summed E-state index contributed by atoms with van der Waals surface area (Å²) in [5, 5.41) is 2.15. The molecule has 1 fully saturated rings. The topological polar surface area (TPSA) is 29.3 Å². The van der Waals surface area contributed by atoms with Crippen molar-refractivity contribution in [3.63, 3.8) is 0 Å². The van der Waals surface area contributed by atoms with Gasteiger partial charge in [-0.2, -0.15) is 0 Å². The van der Waals surface area contributed by atoms with Crippen LogP contribution < -0.4 is 5.73 Å². The summed E-state index contributed by atoms with van der Waals surface area (Å²) in [4.78, 5) is 4.05. The van der Waals surface area contributed by atoms with E-state index in [1.807, 2.05) is 11.3 Å². The van der Waals surface area contributed by atoms with Gasteiger partial charge in [0.15, 0.2) is 0 Å². The minimum atomic E-state index is 0.137. The number of likely N-dealkylation sites (tertiary alicyclic amines) is 1. The van der Waals surface area contributed by atoms with Crippen LogP contribution in [0.1, 0.15) is 44.4 Å². The first-order valence-electron chi connectivity index (χ1n) is 7.14. The lowest BCUT2D eigenvalue weighted by atomic mass is 9.88. The largest absolute Gasteiger partial charge is 0.326 e. The second kappa shape index (κ2) is 6.18. The zero-order valence-corrected chi connectivity index (χ0v) is 12.5. The van der Waals surface area contributed by atoms with Crippen molar-refractivity contribution in [1.29, 1.82) is 0 Å². The van der Waals surface area contributed by atoms with Crippen molar-refractivity contribution in [2.45, 2.75) is 57.5 Å². The van der Waals surface area contributed by atoms with Gasteiger partial charge in [0, 0.05) is 16.5 Å². The van der Waals surface area contributed by atoms with Crippen LogP contribution in [0.5, 0.6) is 0 Å². The molecule has 0 aliphatic carbocycles. The SMILES string of the molecule is CC(C)(C(N)CCc1cccs1)N1CCCCC1. The predicted molar refractivity (Wildman–Crippen MR) is 80.1 cm³/mol. The Labute approximate surface area is 115 Å². The maximum absolute atomic E-state index is 6.46. The lowest BCUT2D eigenvalue weighted by Gasteiger charge is -2.44. The molecule has 1 aliphatic heterocycles. The number of nitrogens with zero attached hydrogens (tertiary/aromatic N) is 1. The van der Waals surface area contributed by atoms with E-state index in [1.165, 1.54) is 37.2 Å². The van der Waals surface area contributed by atoms with Crippen LogP contribution in [0.4, 0.5) is 0 Å². The molecular weight excluding hydrogens is 240 g/mol. The zero-order chi connectivity index (χ0) is 13.0. The highest BCUT2D eigenvalue weighted by molar-refractivity contribution is 7.09. The molecule has 2 N–H and O–H groups in total. The minimum absolute atomic E-state index is 0.137. The van der Waals surface area contributed by atoms with Crippen LogP contribution in [0.15, 0.2) is 17.5 Å². The number of hydrogen-bond acceptors (Lipinski definition) is 3. The van der Waals surface area contributed by atoms with E-state index in [0.717, 1.165) is 12.8 Å². The maximum Gasteiger partial charge on any atom is 0.0304 e. The van der Waals surface area contributed by atoms with Crippen LogP contribution in [0.3, 0.4) is 0 Å². The zero-order valence-electron chi connectivity index (χ0n) is 11.7. The molecule has 3 heteroatoms. The normalized spacial score (nSPS) is 19.9. The Balaban J connectivity index is 1.87. The van der Waals surface area contributed by atoms with Gasteiger partial charge in [-0.3, -0.25) is 4.90 Å². The fourth-order valence-corrected chi connectivity index (χ4v) is 3.54. The third-order valence-electron chi connectivity index (χ3n) is 4.36. The van der Waals surface area contributed by atoms with Crippen molar-refractivity contribution in [3.05, 3.63) is 22.4 Å². The first-order chi connectivity index (χ1) is 8.60. The molecule has 0 radical (unpaired) electrons. The highest BCUT2D eigenvalue weighted by atomic mass is 32.1. The van der Waals surface area contributed by atoms with Crippen molar-refractivity contribution < 1.29 is 0 Å². The molecule has 1 unspecified atom stereocenters. The number of rotatable bonds is 5. The van der Waals surface area contributed by atoms with Gasteiger partial charge in [-0.05, 0) is 64.1 Å². The molecule has 1 atom stereocenters. The molecule has 102 valence electrons. The summed E-state index contributed by atoms with van der Waals surface area (Å²) in [5.74, 6) is 0. The molecule has 0 amide bonds. The molecule has 0 aromatic carbocycles. The third-order valence-corrected chi connectivity index (χ3v) is 5.30. The number of piperidine rings is 1. The molecule has 2 nitrogen and oxygen atoms in total. The fourth-order valence-electron chi connectivity index (χ4n) is 2.81. The highest BCUT2D eigenvalue weighted by Gasteiger charge is 2.33. The summed E-state index contributed by atoms with van der Waals surface area (Å²) in [6.45, 7) is 7.08. The summed E-state index contributed by atoms with van der Waals surface area (Å²) in [6, 6.07) is 4.60. The van der Waals surface area contributed by atoms with E-state index in [4.69, 9.17) is 5.73 Å². The second-order valence-electron chi connectivity index (χ2n) is 5.93. The van der Waals surface area contributed by atoms with Crippen molar-refractivity contribution >= 4 is 11.3 Å². The average molecular weight is 266 g/mol. The fraction of sp³-hybridized carbons (Fsp3) is 0.733. The van der Waals surface area contributed by atoms with Gasteiger partial charge in [0.1, 0.15) is 0 Å². The van der Waals surface area contributed by atoms with E-state index in [0.29, 0.717) is 0 Å². The summed E-state index contributed by atoms with van der Waals surface area (Å²) >= 11 is 1.84. The van der Waals surface area contributed by atoms with Crippen LogP contribution in [-0.4, -0.2) is 29.6 Å². The molecule has 1 aromatic heterocycles. The lowest BCUT2D eigenvalue weighted by Crippen LogP contribution is -2.57. The van der Waals surface area contributed by atoms with Gasteiger partial charge in [0.2, 0.25) is 0 Å². The predicted octanol–water partition coefficient (Wildman–Crippen LogP) is 3.27. The van der Waals surface area contributed by atoms with E-state index in [2.05, 4.69) is 36.3 Å². The Kier molecular flexibility index (Phi) is 4.82. The Morgan fingerprint density at radius 2 is 2.06 bits per heavy atom. The van der Waals surface area contributed by atoms with Crippen LogP contribution in [0, 0.1) is 0 Å². The monoisotopic (exact) mass is 266 g/mol. The summed E-state index contributed by atoms with van der Waals surface area (Å²) in [5.41, 5.74) is 6.60. The van der Waals surface area contributed by atoms with Crippen LogP contribution in [-0.2, 0) is 6.42 Å². The van der Waals surface area contributed by atoms with Crippen LogP contribution >= 0.6 is 11.3 Å². The van der Waals surface area contributed by atoms with Crippen molar-refractivity contribution in [2.24, 2.45) is 5.73 Å². The summed E-state index contributed by atoms with van der Waals surface area (Å²) in [6.07, 6.45) is 6.26. The van der Waals surface area contributed by atoms with Gasteiger partial charge >= 0.3 is 0 Å². The first kappa shape index (κ1) is 14.0. The van der Waals surface area contributed by atoms with E-state index in [9.17, 15) is 0 Å². The van der Waals surface area contributed by atoms with Crippen molar-refractivity contribution in [2.75, 3.05) is 13.1 Å². The molecule has 0 spiro atoms. The molecule has 0 bridgehead atoms. The number of aryl methyl sites for hydroxylation is 1. The third kappa shape index (κ3) is 3.34. The lowest BCUT2D eigenvalue weighted by molar-refractivity contribution is 0.0707. The summed E-state index contributed by atoms with van der Waals surface area (Å²) in [7, 11) is 0. The molecule has 0 saturated carbocycles. The molecule has 1 saturated heterocycles. The standard InChI is InChI=1S/C15H26N2S/c1-15(2,17-10-4-3-5-11-17)14(16)9-8-13-7-6-12-18-13/h6-7,12,14H,3-5,8-11,16H2,1-2H3. The molecule has 1 aromatic rings. The Bertz CT molecular complexity index is 339. The van der Waals surface area contributed by atoms with Crippen LogP contribution in [0.25, 0.3) is 0 Å². The van der Waals surface area contributed by atoms with Gasteiger partial charge < -0.3 is 5.73 Å². The van der Waals surface area contributed by atoms with Gasteiger partial charge in [0.05, 0.1) is 0 Å².